The first kappa shape index (κ1) is 15.8. The van der Waals surface area contributed by atoms with Crippen LogP contribution in [0.5, 0.6) is 0 Å². The van der Waals surface area contributed by atoms with Gasteiger partial charge < -0.3 is 14.7 Å². The van der Waals surface area contributed by atoms with E-state index < -0.39 is 0 Å². The zero-order chi connectivity index (χ0) is 15.7. The van der Waals surface area contributed by atoms with Crippen molar-refractivity contribution in [3.05, 3.63) is 21.9 Å². The predicted molar refractivity (Wildman–Crippen MR) is 90.0 cm³/mol. The van der Waals surface area contributed by atoms with Crippen molar-refractivity contribution in [1.82, 2.24) is 14.7 Å². The number of aryl methyl sites for hydroxylation is 1. The highest BCUT2D eigenvalue weighted by molar-refractivity contribution is 8.00. The number of hydrogen-bond acceptors (Lipinski definition) is 5. The van der Waals surface area contributed by atoms with Gasteiger partial charge in [-0.15, -0.1) is 23.1 Å². The van der Waals surface area contributed by atoms with Gasteiger partial charge in [-0.1, -0.05) is 0 Å². The van der Waals surface area contributed by atoms with E-state index in [4.69, 9.17) is 0 Å². The molecule has 0 radical (unpaired) electrons. The molecule has 2 amide bonds. The van der Waals surface area contributed by atoms with Crippen LogP contribution < -0.4 is 0 Å². The summed E-state index contributed by atoms with van der Waals surface area (Å²) in [7, 11) is 2.07. The van der Waals surface area contributed by atoms with Crippen LogP contribution >= 0.6 is 23.1 Å². The van der Waals surface area contributed by atoms with Gasteiger partial charge in [0.05, 0.1) is 5.75 Å². The fourth-order valence-electron chi connectivity index (χ4n) is 2.78. The number of thiophene rings is 1. The molecule has 1 atom stereocenters. The summed E-state index contributed by atoms with van der Waals surface area (Å²) in [6.07, 6.45) is 0. The Morgan fingerprint density at radius 1 is 1.32 bits per heavy atom. The Morgan fingerprint density at radius 3 is 2.68 bits per heavy atom. The molecule has 2 aliphatic heterocycles. The van der Waals surface area contributed by atoms with Crippen LogP contribution in [0, 0.1) is 6.92 Å². The molecule has 120 valence electrons. The maximum absolute atomic E-state index is 12.5. The Hall–Kier alpha value is -1.05. The Labute approximate surface area is 139 Å². The van der Waals surface area contributed by atoms with Crippen LogP contribution in [0.1, 0.15) is 15.8 Å². The van der Waals surface area contributed by atoms with Crippen LogP contribution in [-0.4, -0.2) is 72.0 Å². The normalized spacial score (nSPS) is 23.4. The van der Waals surface area contributed by atoms with Gasteiger partial charge in [-0.2, -0.15) is 0 Å². The minimum Gasteiger partial charge on any atom is -0.339 e. The third-order valence-corrected chi connectivity index (χ3v) is 6.70. The highest BCUT2D eigenvalue weighted by Gasteiger charge is 2.36. The van der Waals surface area contributed by atoms with Gasteiger partial charge in [0, 0.05) is 31.1 Å². The van der Waals surface area contributed by atoms with Gasteiger partial charge in [0.15, 0.2) is 0 Å². The lowest BCUT2D eigenvalue weighted by Crippen LogP contribution is -2.50. The molecule has 7 heteroatoms. The first-order chi connectivity index (χ1) is 10.6. The second kappa shape index (κ2) is 6.60. The van der Waals surface area contributed by atoms with Crippen molar-refractivity contribution in [3.63, 3.8) is 0 Å². The average molecular weight is 339 g/mol. The van der Waals surface area contributed by atoms with Gasteiger partial charge >= 0.3 is 0 Å². The van der Waals surface area contributed by atoms with E-state index in [1.54, 1.807) is 28.0 Å². The summed E-state index contributed by atoms with van der Waals surface area (Å²) in [5.41, 5.74) is 1.20. The molecule has 2 fully saturated rings. The van der Waals surface area contributed by atoms with Crippen molar-refractivity contribution in [1.29, 1.82) is 0 Å². The molecule has 2 saturated heterocycles. The first-order valence-electron chi connectivity index (χ1n) is 7.47. The van der Waals surface area contributed by atoms with Crippen molar-refractivity contribution in [2.45, 2.75) is 12.3 Å². The van der Waals surface area contributed by atoms with E-state index in [9.17, 15) is 9.59 Å². The van der Waals surface area contributed by atoms with Crippen LogP contribution in [0.3, 0.4) is 0 Å². The lowest BCUT2D eigenvalue weighted by Gasteiger charge is -2.34. The van der Waals surface area contributed by atoms with Crippen molar-refractivity contribution in [2.24, 2.45) is 0 Å². The summed E-state index contributed by atoms with van der Waals surface area (Å²) >= 11 is 3.30. The van der Waals surface area contributed by atoms with Crippen LogP contribution in [0.15, 0.2) is 11.4 Å². The molecule has 0 aromatic carbocycles. The Morgan fingerprint density at radius 2 is 2.05 bits per heavy atom. The molecule has 0 N–H and O–H groups in total. The van der Waals surface area contributed by atoms with E-state index in [0.717, 1.165) is 26.2 Å². The third-order valence-electron chi connectivity index (χ3n) is 4.26. The Bertz CT molecular complexity index is 567. The molecule has 0 saturated carbocycles. The number of thioether (sulfide) groups is 1. The van der Waals surface area contributed by atoms with Gasteiger partial charge in [-0.05, 0) is 31.0 Å². The van der Waals surface area contributed by atoms with Gasteiger partial charge in [0.25, 0.3) is 0 Å². The number of amides is 2. The molecule has 3 rings (SSSR count). The molecule has 1 aromatic heterocycles. The van der Waals surface area contributed by atoms with E-state index in [1.165, 1.54) is 10.4 Å². The monoisotopic (exact) mass is 339 g/mol. The SMILES string of the molecule is Cc1ccsc1[C@H]1SCC(=O)N1CC(=O)N1CCN(C)CC1. The quantitative estimate of drug-likeness (QED) is 0.835. The van der Waals surface area contributed by atoms with Gasteiger partial charge in [-0.25, -0.2) is 0 Å². The van der Waals surface area contributed by atoms with Gasteiger partial charge in [0.1, 0.15) is 11.9 Å². The summed E-state index contributed by atoms with van der Waals surface area (Å²) in [5, 5.41) is 2.05. The number of rotatable bonds is 3. The molecule has 3 heterocycles. The number of nitrogens with zero attached hydrogens (tertiary/aromatic N) is 3. The minimum absolute atomic E-state index is 0.00362. The van der Waals surface area contributed by atoms with Crippen LogP contribution in [-0.2, 0) is 9.59 Å². The second-order valence-electron chi connectivity index (χ2n) is 5.84. The molecule has 5 nitrogen and oxygen atoms in total. The zero-order valence-corrected chi connectivity index (χ0v) is 14.6. The molecule has 2 aliphatic rings. The lowest BCUT2D eigenvalue weighted by atomic mass is 10.2. The molecule has 22 heavy (non-hydrogen) atoms. The topological polar surface area (TPSA) is 43.9 Å². The molecule has 1 aromatic rings. The fourth-order valence-corrected chi connectivity index (χ4v) is 5.24. The largest absolute Gasteiger partial charge is 0.339 e. The van der Waals surface area contributed by atoms with E-state index in [2.05, 4.69) is 30.3 Å². The third kappa shape index (κ3) is 3.16. The predicted octanol–water partition coefficient (Wildman–Crippen LogP) is 1.40. The fraction of sp³-hybridized carbons (Fsp3) is 0.600. The number of carbonyl (C=O) groups excluding carboxylic acids is 2. The van der Waals surface area contributed by atoms with Crippen molar-refractivity contribution >= 4 is 34.9 Å². The van der Waals surface area contributed by atoms with E-state index >= 15 is 0 Å². The van der Waals surface area contributed by atoms with Crippen LogP contribution in [0.4, 0.5) is 0 Å². The van der Waals surface area contributed by atoms with Crippen molar-refractivity contribution in [3.8, 4) is 0 Å². The summed E-state index contributed by atoms with van der Waals surface area (Å²) in [6, 6.07) is 2.07. The maximum Gasteiger partial charge on any atom is 0.242 e. The highest BCUT2D eigenvalue weighted by atomic mass is 32.2. The van der Waals surface area contributed by atoms with E-state index in [-0.39, 0.29) is 23.7 Å². The molecular formula is C15H21N3O2S2. The molecule has 0 aliphatic carbocycles. The molecule has 0 bridgehead atoms. The van der Waals surface area contributed by atoms with Crippen molar-refractivity contribution < 1.29 is 9.59 Å². The van der Waals surface area contributed by atoms with Gasteiger partial charge in [-0.3, -0.25) is 9.59 Å². The standard InChI is InChI=1S/C15H21N3O2S2/c1-11-3-8-21-14(11)15-18(13(20)10-22-15)9-12(19)17-6-4-16(2)5-7-17/h3,8,15H,4-7,9-10H2,1-2H3/t15-/m1/s1. The van der Waals surface area contributed by atoms with Crippen molar-refractivity contribution in [2.75, 3.05) is 45.5 Å². The number of piperazine rings is 1. The zero-order valence-electron chi connectivity index (χ0n) is 12.9. The highest BCUT2D eigenvalue weighted by Crippen LogP contribution is 2.42. The minimum atomic E-state index is 0.00362. The molecule has 0 unspecified atom stereocenters. The van der Waals surface area contributed by atoms with Crippen LogP contribution in [0.2, 0.25) is 0 Å². The number of hydrogen-bond donors (Lipinski definition) is 0. The number of likely N-dealkylation sites (N-methyl/N-ethyl adjacent to an activating group) is 1. The first-order valence-corrected chi connectivity index (χ1v) is 9.40. The van der Waals surface area contributed by atoms with E-state index in [1.807, 2.05) is 4.90 Å². The second-order valence-corrected chi connectivity index (χ2v) is 7.85. The summed E-state index contributed by atoms with van der Waals surface area (Å²) in [5.74, 6) is 0.617. The summed E-state index contributed by atoms with van der Waals surface area (Å²) in [6.45, 7) is 5.59. The Kier molecular flexibility index (Phi) is 4.75. The lowest BCUT2D eigenvalue weighted by molar-refractivity contribution is -0.140. The van der Waals surface area contributed by atoms with E-state index in [0.29, 0.717) is 5.75 Å². The van der Waals surface area contributed by atoms with Gasteiger partial charge in [0.2, 0.25) is 11.8 Å². The molecule has 0 spiro atoms. The number of carbonyl (C=O) groups is 2. The summed E-state index contributed by atoms with van der Waals surface area (Å²) < 4.78 is 0. The maximum atomic E-state index is 12.5. The molecular weight excluding hydrogens is 318 g/mol. The van der Waals surface area contributed by atoms with Crippen LogP contribution in [0.25, 0.3) is 0 Å². The average Bonchev–Trinajstić information content (AvgIpc) is 3.06. The smallest absolute Gasteiger partial charge is 0.242 e. The summed E-state index contributed by atoms with van der Waals surface area (Å²) in [4.78, 5) is 31.8. The Balaban J connectivity index is 1.68.